The highest BCUT2D eigenvalue weighted by molar-refractivity contribution is 6.70. The van der Waals surface area contributed by atoms with Crippen LogP contribution in [0.1, 0.15) is 65.7 Å². The van der Waals surface area contributed by atoms with E-state index in [9.17, 15) is 0 Å². The van der Waals surface area contributed by atoms with Crippen LogP contribution in [0.15, 0.2) is 11.6 Å². The number of hydrogen-bond donors (Lipinski definition) is 0. The monoisotopic (exact) mass is 550 g/mol. The Morgan fingerprint density at radius 2 is 1.42 bits per heavy atom. The van der Waals surface area contributed by atoms with E-state index in [2.05, 4.69) is 85.8 Å². The van der Waals surface area contributed by atoms with Gasteiger partial charge in [0.05, 0.1) is 12.2 Å². The van der Waals surface area contributed by atoms with E-state index in [0.717, 1.165) is 36.5 Å². The van der Waals surface area contributed by atoms with Gasteiger partial charge in [0.15, 0.2) is 25.0 Å². The molecule has 208 valence electrons. The van der Waals surface area contributed by atoms with Crippen molar-refractivity contribution in [1.29, 1.82) is 0 Å². The molecule has 0 saturated heterocycles. The van der Waals surface area contributed by atoms with Crippen molar-refractivity contribution in [3.05, 3.63) is 11.6 Å². The lowest BCUT2D eigenvalue weighted by Crippen LogP contribution is -2.56. The van der Waals surface area contributed by atoms with Crippen molar-refractivity contribution in [3.8, 4) is 0 Å². The van der Waals surface area contributed by atoms with Crippen LogP contribution in [0.4, 0.5) is 0 Å². The van der Waals surface area contributed by atoms with E-state index in [4.69, 9.17) is 13.3 Å². The average Bonchev–Trinajstić information content (AvgIpc) is 3.02. The lowest BCUT2D eigenvalue weighted by molar-refractivity contribution is -0.0854. The maximum Gasteiger partial charge on any atom is 0.184 e. The Bertz CT molecular complexity index is 838. The molecule has 0 aromatic heterocycles. The molecule has 6 heteroatoms. The Labute approximate surface area is 226 Å². The van der Waals surface area contributed by atoms with Crippen molar-refractivity contribution in [2.24, 2.45) is 34.5 Å². The van der Waals surface area contributed by atoms with Gasteiger partial charge in [0.25, 0.3) is 0 Å². The fourth-order valence-corrected chi connectivity index (χ4v) is 12.8. The van der Waals surface area contributed by atoms with Gasteiger partial charge in [-0.25, -0.2) is 0 Å². The van der Waals surface area contributed by atoms with Crippen LogP contribution in [0.3, 0.4) is 0 Å². The summed E-state index contributed by atoms with van der Waals surface area (Å²) in [6.07, 6.45) is 12.6. The molecule has 0 bridgehead atoms. The molecule has 3 saturated carbocycles. The standard InChI is InChI=1S/C30H58O3Si3/c1-21(31-34(4,5)6)24-15-16-25-23-14-13-22-19-27(32-35(7,8)9)28(33-36(10,11)12)20-30(22,3)26(23)17-18-29(24,25)2/h13,21,23-28H,14-20H2,1-12H3/t21?,23?,24-,25?,26?,27?,28?,29-,30+/m1/s1. The zero-order valence-electron chi connectivity index (χ0n) is 25.8. The molecule has 0 aromatic carbocycles. The van der Waals surface area contributed by atoms with E-state index >= 15 is 0 Å². The highest BCUT2D eigenvalue weighted by Crippen LogP contribution is 2.67. The largest absolute Gasteiger partial charge is 0.415 e. The van der Waals surface area contributed by atoms with Crippen LogP contribution >= 0.6 is 0 Å². The van der Waals surface area contributed by atoms with Gasteiger partial charge in [0, 0.05) is 6.10 Å². The van der Waals surface area contributed by atoms with E-state index in [1.807, 2.05) is 0 Å². The number of rotatable bonds is 7. The summed E-state index contributed by atoms with van der Waals surface area (Å²) in [6.45, 7) is 28.8. The second-order valence-corrected chi connectivity index (χ2v) is 29.7. The van der Waals surface area contributed by atoms with Crippen LogP contribution in [0.2, 0.25) is 58.9 Å². The second-order valence-electron chi connectivity index (χ2n) is 16.4. The van der Waals surface area contributed by atoms with E-state index in [-0.39, 0.29) is 17.6 Å². The Morgan fingerprint density at radius 1 is 0.806 bits per heavy atom. The maximum absolute atomic E-state index is 6.93. The highest BCUT2D eigenvalue weighted by Gasteiger charge is 2.60. The third-order valence-electron chi connectivity index (χ3n) is 10.3. The Morgan fingerprint density at radius 3 is 2.00 bits per heavy atom. The van der Waals surface area contributed by atoms with Gasteiger partial charge in [0.2, 0.25) is 0 Å². The summed E-state index contributed by atoms with van der Waals surface area (Å²) in [6, 6.07) is 0. The molecular formula is C30H58O3Si3. The summed E-state index contributed by atoms with van der Waals surface area (Å²) < 4.78 is 20.4. The molecule has 0 N–H and O–H groups in total. The molecule has 9 atom stereocenters. The SMILES string of the molecule is CC(O[Si](C)(C)C)[C@H]1CCC2C3CC=C4CC(O[Si](C)(C)C)C(O[Si](C)(C)C)C[C@]4(C)C3CC[C@@]21C. The molecule has 6 unspecified atom stereocenters. The van der Waals surface area contributed by atoms with E-state index in [0.29, 0.717) is 11.5 Å². The van der Waals surface area contributed by atoms with Crippen LogP contribution in [0, 0.1) is 34.5 Å². The minimum Gasteiger partial charge on any atom is -0.415 e. The predicted molar refractivity (Wildman–Crippen MR) is 161 cm³/mol. The average molecular weight is 551 g/mol. The first kappa shape index (κ1) is 29.3. The Kier molecular flexibility index (Phi) is 7.90. The van der Waals surface area contributed by atoms with E-state index < -0.39 is 25.0 Å². The van der Waals surface area contributed by atoms with E-state index in [1.54, 1.807) is 5.57 Å². The second kappa shape index (κ2) is 9.72. The van der Waals surface area contributed by atoms with Crippen LogP contribution < -0.4 is 0 Å². The molecule has 0 heterocycles. The molecule has 0 amide bonds. The van der Waals surface area contributed by atoms with Crippen molar-refractivity contribution in [2.45, 2.75) is 143 Å². The molecule has 4 aliphatic carbocycles. The first-order valence-electron chi connectivity index (χ1n) is 15.1. The lowest BCUT2D eigenvalue weighted by atomic mass is 9.47. The molecule has 0 aliphatic heterocycles. The van der Waals surface area contributed by atoms with Crippen LogP contribution in [0.25, 0.3) is 0 Å². The summed E-state index contributed by atoms with van der Waals surface area (Å²) in [5.74, 6) is 3.18. The van der Waals surface area contributed by atoms with Crippen molar-refractivity contribution in [1.82, 2.24) is 0 Å². The zero-order chi connectivity index (χ0) is 26.9. The fraction of sp³-hybridized carbons (Fsp3) is 0.933. The van der Waals surface area contributed by atoms with Crippen LogP contribution in [0.5, 0.6) is 0 Å². The van der Waals surface area contributed by atoms with Gasteiger partial charge in [-0.15, -0.1) is 0 Å². The topological polar surface area (TPSA) is 27.7 Å². The van der Waals surface area contributed by atoms with E-state index in [1.165, 1.54) is 32.1 Å². The lowest BCUT2D eigenvalue weighted by Gasteiger charge is -2.60. The number of fused-ring (bicyclic) bond motifs is 5. The molecule has 0 spiro atoms. The smallest absolute Gasteiger partial charge is 0.184 e. The van der Waals surface area contributed by atoms with Gasteiger partial charge in [-0.3, -0.25) is 0 Å². The van der Waals surface area contributed by atoms with Gasteiger partial charge in [-0.1, -0.05) is 25.5 Å². The van der Waals surface area contributed by atoms with Crippen molar-refractivity contribution in [2.75, 3.05) is 0 Å². The predicted octanol–water partition coefficient (Wildman–Crippen LogP) is 8.86. The third kappa shape index (κ3) is 5.89. The van der Waals surface area contributed by atoms with Gasteiger partial charge < -0.3 is 13.3 Å². The molecule has 4 aliphatic rings. The van der Waals surface area contributed by atoms with Gasteiger partial charge in [-0.05, 0) is 145 Å². The van der Waals surface area contributed by atoms with Gasteiger partial charge in [-0.2, -0.15) is 0 Å². The summed E-state index contributed by atoms with van der Waals surface area (Å²) >= 11 is 0. The molecular weight excluding hydrogens is 493 g/mol. The van der Waals surface area contributed by atoms with Gasteiger partial charge in [0.1, 0.15) is 0 Å². The van der Waals surface area contributed by atoms with Gasteiger partial charge >= 0.3 is 0 Å². The Hall–Kier alpha value is 0.271. The fourth-order valence-electron chi connectivity index (χ4n) is 9.25. The molecule has 36 heavy (non-hydrogen) atoms. The summed E-state index contributed by atoms with van der Waals surface area (Å²) in [5, 5.41) is 0. The van der Waals surface area contributed by atoms with Crippen molar-refractivity contribution >= 4 is 25.0 Å². The molecule has 4 rings (SSSR count). The first-order valence-corrected chi connectivity index (χ1v) is 25.3. The van der Waals surface area contributed by atoms with Crippen LogP contribution in [-0.4, -0.2) is 43.3 Å². The minimum absolute atomic E-state index is 0.239. The van der Waals surface area contributed by atoms with Crippen LogP contribution in [-0.2, 0) is 13.3 Å². The molecule has 0 aromatic rings. The normalized spacial score (nSPS) is 42.3. The molecule has 0 radical (unpaired) electrons. The molecule has 3 fully saturated rings. The quantitative estimate of drug-likeness (QED) is 0.234. The zero-order valence-corrected chi connectivity index (χ0v) is 28.8. The van der Waals surface area contributed by atoms with Crippen molar-refractivity contribution in [3.63, 3.8) is 0 Å². The maximum atomic E-state index is 6.93. The highest BCUT2D eigenvalue weighted by atomic mass is 28.4. The number of allylic oxidation sites excluding steroid dienone is 1. The first-order chi connectivity index (χ1) is 16.3. The number of hydrogen-bond acceptors (Lipinski definition) is 3. The summed E-state index contributed by atoms with van der Waals surface area (Å²) in [5.41, 5.74) is 2.41. The summed E-state index contributed by atoms with van der Waals surface area (Å²) in [4.78, 5) is 0. The van der Waals surface area contributed by atoms with Crippen molar-refractivity contribution < 1.29 is 13.3 Å². The summed E-state index contributed by atoms with van der Waals surface area (Å²) in [7, 11) is -4.83. The Balaban J connectivity index is 1.59. The minimum atomic E-state index is -1.66. The molecule has 3 nitrogen and oxygen atoms in total. The third-order valence-corrected chi connectivity index (χ3v) is 13.4.